The summed E-state index contributed by atoms with van der Waals surface area (Å²) in [5.41, 5.74) is 0.798. The van der Waals surface area contributed by atoms with E-state index < -0.39 is 5.97 Å². The number of carbonyl (C=O) groups is 2. The first kappa shape index (κ1) is 30.4. The molecule has 5 heteroatoms. The van der Waals surface area contributed by atoms with E-state index in [2.05, 4.69) is 19.2 Å². The summed E-state index contributed by atoms with van der Waals surface area (Å²) >= 11 is 0. The van der Waals surface area contributed by atoms with Crippen molar-refractivity contribution < 1.29 is 19.4 Å². The number of hydrogen-bond acceptors (Lipinski definition) is 3. The van der Waals surface area contributed by atoms with Gasteiger partial charge in [-0.25, -0.2) is 4.79 Å². The van der Waals surface area contributed by atoms with Gasteiger partial charge in [0.2, 0.25) is 0 Å². The first-order chi connectivity index (χ1) is 18.0. The van der Waals surface area contributed by atoms with E-state index in [1.54, 1.807) is 42.5 Å². The van der Waals surface area contributed by atoms with Crippen molar-refractivity contribution in [1.82, 2.24) is 0 Å². The Bertz CT molecular complexity index is 907. The average Bonchev–Trinajstić information content (AvgIpc) is 2.88. The van der Waals surface area contributed by atoms with Gasteiger partial charge >= 0.3 is 5.97 Å². The molecular formula is C32H47NO4. The molecule has 5 nitrogen and oxygen atoms in total. The number of anilines is 1. The molecule has 204 valence electrons. The lowest BCUT2D eigenvalue weighted by Gasteiger charge is -2.09. The van der Waals surface area contributed by atoms with Crippen molar-refractivity contribution in [1.29, 1.82) is 0 Å². The maximum Gasteiger partial charge on any atom is 0.337 e. The maximum atomic E-state index is 12.5. The molecule has 0 fully saturated rings. The minimum atomic E-state index is -1.08. The summed E-state index contributed by atoms with van der Waals surface area (Å²) in [7, 11) is 0. The van der Waals surface area contributed by atoms with Crippen LogP contribution in [0.2, 0.25) is 0 Å². The van der Waals surface area contributed by atoms with Gasteiger partial charge in [-0.2, -0.15) is 0 Å². The summed E-state index contributed by atoms with van der Waals surface area (Å²) in [5.74, 6) is 0.166. The number of carboxylic acid groups (broad SMARTS) is 1. The van der Waals surface area contributed by atoms with E-state index in [1.807, 2.05) is 0 Å². The van der Waals surface area contributed by atoms with Crippen molar-refractivity contribution in [3.8, 4) is 5.75 Å². The van der Waals surface area contributed by atoms with Crippen LogP contribution in [-0.4, -0.2) is 23.6 Å². The number of ether oxygens (including phenoxy) is 1. The van der Waals surface area contributed by atoms with Crippen LogP contribution >= 0.6 is 0 Å². The van der Waals surface area contributed by atoms with Crippen molar-refractivity contribution in [2.24, 2.45) is 5.92 Å². The van der Waals surface area contributed by atoms with E-state index in [-0.39, 0.29) is 17.2 Å². The molecule has 0 aliphatic heterocycles. The molecule has 0 radical (unpaired) electrons. The number of para-hydroxylation sites is 1. The predicted molar refractivity (Wildman–Crippen MR) is 153 cm³/mol. The van der Waals surface area contributed by atoms with Crippen LogP contribution in [0.5, 0.6) is 5.75 Å². The van der Waals surface area contributed by atoms with Gasteiger partial charge in [-0.05, 0) is 48.7 Å². The van der Waals surface area contributed by atoms with Crippen molar-refractivity contribution in [2.75, 3.05) is 11.9 Å². The minimum absolute atomic E-state index is 0.0639. The first-order valence-electron chi connectivity index (χ1n) is 14.3. The molecule has 0 aliphatic rings. The van der Waals surface area contributed by atoms with Gasteiger partial charge in [0.15, 0.2) is 0 Å². The van der Waals surface area contributed by atoms with Crippen molar-refractivity contribution in [3.63, 3.8) is 0 Å². The zero-order valence-corrected chi connectivity index (χ0v) is 23.0. The van der Waals surface area contributed by atoms with Gasteiger partial charge in [0, 0.05) is 5.56 Å². The monoisotopic (exact) mass is 509 g/mol. The quantitative estimate of drug-likeness (QED) is 0.174. The highest BCUT2D eigenvalue weighted by molar-refractivity contribution is 6.07. The Labute approximate surface area is 224 Å². The Hall–Kier alpha value is -2.82. The van der Waals surface area contributed by atoms with Gasteiger partial charge in [0.1, 0.15) is 5.75 Å². The molecule has 37 heavy (non-hydrogen) atoms. The van der Waals surface area contributed by atoms with E-state index in [0.717, 1.165) is 18.1 Å². The molecule has 2 aromatic carbocycles. The number of benzene rings is 2. The average molecular weight is 510 g/mol. The van der Waals surface area contributed by atoms with E-state index in [1.165, 1.54) is 89.5 Å². The van der Waals surface area contributed by atoms with Crippen molar-refractivity contribution in [3.05, 3.63) is 59.7 Å². The van der Waals surface area contributed by atoms with Gasteiger partial charge < -0.3 is 15.2 Å². The lowest BCUT2D eigenvalue weighted by Crippen LogP contribution is -2.14. The molecule has 0 aliphatic carbocycles. The van der Waals surface area contributed by atoms with Crippen molar-refractivity contribution in [2.45, 2.75) is 104 Å². The van der Waals surface area contributed by atoms with E-state index >= 15 is 0 Å². The molecule has 2 N–H and O–H groups in total. The number of unbranched alkanes of at least 4 members (excludes halogenated alkanes) is 12. The Kier molecular flexibility index (Phi) is 15.1. The van der Waals surface area contributed by atoms with Crippen LogP contribution in [0.1, 0.15) is 124 Å². The third-order valence-electron chi connectivity index (χ3n) is 6.72. The highest BCUT2D eigenvalue weighted by Gasteiger charge is 2.13. The maximum absolute atomic E-state index is 12.5. The second kappa shape index (κ2) is 18.4. The van der Waals surface area contributed by atoms with Crippen LogP contribution in [-0.2, 0) is 0 Å². The number of nitrogens with one attached hydrogen (secondary N) is 1. The van der Waals surface area contributed by atoms with Crippen LogP contribution in [0.15, 0.2) is 48.5 Å². The lowest BCUT2D eigenvalue weighted by molar-refractivity contribution is 0.0698. The van der Waals surface area contributed by atoms with Crippen LogP contribution in [0.3, 0.4) is 0 Å². The molecule has 0 atom stereocenters. The highest BCUT2D eigenvalue weighted by Crippen LogP contribution is 2.19. The van der Waals surface area contributed by atoms with Gasteiger partial charge in [0.25, 0.3) is 5.91 Å². The number of amides is 1. The highest BCUT2D eigenvalue weighted by atomic mass is 16.5. The number of carbonyl (C=O) groups excluding carboxylic acids is 1. The molecule has 2 aromatic rings. The number of hydrogen-bond donors (Lipinski definition) is 2. The fourth-order valence-corrected chi connectivity index (χ4v) is 4.46. The molecule has 1 amide bonds. The third-order valence-corrected chi connectivity index (χ3v) is 6.72. The molecule has 0 heterocycles. The molecular weight excluding hydrogens is 462 g/mol. The second-order valence-electron chi connectivity index (χ2n) is 10.5. The van der Waals surface area contributed by atoms with Crippen LogP contribution in [0.4, 0.5) is 5.69 Å². The summed E-state index contributed by atoms with van der Waals surface area (Å²) in [6, 6.07) is 13.3. The zero-order valence-electron chi connectivity index (χ0n) is 23.0. The van der Waals surface area contributed by atoms with E-state index in [4.69, 9.17) is 4.74 Å². The van der Waals surface area contributed by atoms with E-state index in [0.29, 0.717) is 12.2 Å². The fourth-order valence-electron chi connectivity index (χ4n) is 4.46. The minimum Gasteiger partial charge on any atom is -0.494 e. The molecule has 0 saturated heterocycles. The summed E-state index contributed by atoms with van der Waals surface area (Å²) < 4.78 is 5.82. The summed E-state index contributed by atoms with van der Waals surface area (Å²) in [6.45, 7) is 5.30. The molecule has 0 bridgehead atoms. The first-order valence-corrected chi connectivity index (χ1v) is 14.3. The zero-order chi connectivity index (χ0) is 26.7. The normalized spacial score (nSPS) is 11.0. The summed E-state index contributed by atoms with van der Waals surface area (Å²) in [5, 5.41) is 11.9. The fraction of sp³-hybridized carbons (Fsp3) is 0.562. The van der Waals surface area contributed by atoms with Crippen LogP contribution in [0.25, 0.3) is 0 Å². The SMILES string of the molecule is CC(C)CCCCCCCCCCCCCCCOc1ccc(C(=O)Nc2ccccc2C(=O)O)cc1. The third kappa shape index (κ3) is 13.3. The van der Waals surface area contributed by atoms with Crippen LogP contribution in [0, 0.1) is 5.92 Å². The standard InChI is InChI=1S/C32H47NO4/c1-26(2)18-14-12-10-8-6-4-3-5-7-9-11-13-17-25-37-28-23-21-27(22-24-28)31(34)33-30-20-16-15-19-29(30)32(35)36/h15-16,19-24,26H,3-14,17-18,25H2,1-2H3,(H,33,34)(H,35,36). The number of rotatable bonds is 20. The molecule has 0 saturated carbocycles. The topological polar surface area (TPSA) is 75.6 Å². The van der Waals surface area contributed by atoms with Gasteiger partial charge in [-0.15, -0.1) is 0 Å². The molecule has 0 aromatic heterocycles. The van der Waals surface area contributed by atoms with Crippen LogP contribution < -0.4 is 10.1 Å². The molecule has 2 rings (SSSR count). The van der Waals surface area contributed by atoms with Gasteiger partial charge in [0.05, 0.1) is 17.9 Å². The largest absolute Gasteiger partial charge is 0.494 e. The van der Waals surface area contributed by atoms with Gasteiger partial charge in [-0.1, -0.05) is 109 Å². The van der Waals surface area contributed by atoms with Crippen molar-refractivity contribution >= 4 is 17.6 Å². The Morgan fingerprint density at radius 3 is 1.78 bits per heavy atom. The Balaban J connectivity index is 1.47. The molecule has 0 spiro atoms. The summed E-state index contributed by atoms with van der Waals surface area (Å²) in [4.78, 5) is 23.8. The Morgan fingerprint density at radius 1 is 0.730 bits per heavy atom. The number of carboxylic acids is 1. The molecule has 0 unspecified atom stereocenters. The second-order valence-corrected chi connectivity index (χ2v) is 10.5. The van der Waals surface area contributed by atoms with Gasteiger partial charge in [-0.3, -0.25) is 4.79 Å². The lowest BCUT2D eigenvalue weighted by atomic mass is 10.0. The predicted octanol–water partition coefficient (Wildman–Crippen LogP) is 9.13. The Morgan fingerprint density at radius 2 is 1.24 bits per heavy atom. The van der Waals surface area contributed by atoms with E-state index in [9.17, 15) is 14.7 Å². The number of aromatic carboxylic acids is 1. The summed E-state index contributed by atoms with van der Waals surface area (Å²) in [6.07, 6.45) is 18.7. The smallest absolute Gasteiger partial charge is 0.337 e.